The minimum absolute atomic E-state index is 0.279. The van der Waals surface area contributed by atoms with E-state index in [4.69, 9.17) is 4.74 Å². The molecule has 33 heavy (non-hydrogen) atoms. The summed E-state index contributed by atoms with van der Waals surface area (Å²) in [6, 6.07) is 9.90. The lowest BCUT2D eigenvalue weighted by Gasteiger charge is -2.30. The Labute approximate surface area is 192 Å². The third-order valence-corrected chi connectivity index (χ3v) is 6.49. The summed E-state index contributed by atoms with van der Waals surface area (Å²) in [5.41, 5.74) is 2.96. The van der Waals surface area contributed by atoms with Gasteiger partial charge in [0.25, 0.3) is 0 Å². The molecule has 0 radical (unpaired) electrons. The first-order valence-corrected chi connectivity index (χ1v) is 11.1. The molecule has 1 fully saturated rings. The van der Waals surface area contributed by atoms with Gasteiger partial charge < -0.3 is 20.5 Å². The lowest BCUT2D eigenvalue weighted by atomic mass is 9.78. The van der Waals surface area contributed by atoms with Crippen LogP contribution in [0, 0.1) is 19.8 Å². The number of ether oxygens (including phenoxy) is 1. The number of aryl methyl sites for hydroxylation is 2. The van der Waals surface area contributed by atoms with Gasteiger partial charge in [0, 0.05) is 23.0 Å². The molecule has 0 aliphatic carbocycles. The van der Waals surface area contributed by atoms with Crippen molar-refractivity contribution >= 4 is 29.2 Å². The highest BCUT2D eigenvalue weighted by molar-refractivity contribution is 6.11. The second-order valence-electron chi connectivity index (χ2n) is 8.83. The van der Waals surface area contributed by atoms with Crippen molar-refractivity contribution in [2.45, 2.75) is 51.8 Å². The third kappa shape index (κ3) is 3.89. The maximum absolute atomic E-state index is 13.5. The van der Waals surface area contributed by atoms with Gasteiger partial charge in [-0.15, -0.1) is 0 Å². The normalized spacial score (nSPS) is 24.3. The van der Waals surface area contributed by atoms with E-state index in [1.54, 1.807) is 38.1 Å². The van der Waals surface area contributed by atoms with Gasteiger partial charge in [-0.2, -0.15) is 0 Å². The van der Waals surface area contributed by atoms with Crippen LogP contribution in [0.2, 0.25) is 0 Å². The van der Waals surface area contributed by atoms with Crippen molar-refractivity contribution in [2.24, 2.45) is 5.92 Å². The topological polar surface area (TPSA) is 117 Å². The molecule has 8 heteroatoms. The Morgan fingerprint density at radius 3 is 2.58 bits per heavy atom. The molecule has 0 saturated carbocycles. The van der Waals surface area contributed by atoms with Gasteiger partial charge in [0.1, 0.15) is 5.54 Å². The third-order valence-electron chi connectivity index (χ3n) is 6.49. The lowest BCUT2D eigenvalue weighted by Crippen LogP contribution is -2.53. The van der Waals surface area contributed by atoms with Gasteiger partial charge in [-0.25, -0.2) is 4.79 Å². The van der Waals surface area contributed by atoms with Gasteiger partial charge in [-0.05, 0) is 63.9 Å². The van der Waals surface area contributed by atoms with Gasteiger partial charge in [0.15, 0.2) is 0 Å². The van der Waals surface area contributed by atoms with Crippen LogP contribution in [0.15, 0.2) is 36.4 Å². The number of aliphatic hydroxyl groups excluding tert-OH is 1. The number of carbonyl (C=O) groups is 3. The molecule has 4 rings (SSSR count). The fourth-order valence-corrected chi connectivity index (χ4v) is 4.91. The average Bonchev–Trinajstić information content (AvgIpc) is 3.30. The van der Waals surface area contributed by atoms with Crippen LogP contribution in [-0.4, -0.2) is 41.6 Å². The van der Waals surface area contributed by atoms with Crippen LogP contribution >= 0.6 is 0 Å². The lowest BCUT2D eigenvalue weighted by molar-refractivity contribution is -0.130. The minimum Gasteiger partial charge on any atom is -0.462 e. The average molecular weight is 452 g/mol. The summed E-state index contributed by atoms with van der Waals surface area (Å²) in [5, 5.41) is 19.4. The number of aliphatic hydroxyl groups is 1. The number of hydrogen-bond acceptors (Lipinski definition) is 6. The second kappa shape index (κ2) is 8.61. The zero-order chi connectivity index (χ0) is 23.9. The molecule has 2 aromatic carbocycles. The maximum Gasteiger partial charge on any atom is 0.338 e. The summed E-state index contributed by atoms with van der Waals surface area (Å²) in [6.07, 6.45) is -0.448. The van der Waals surface area contributed by atoms with Crippen LogP contribution in [0.4, 0.5) is 11.4 Å². The van der Waals surface area contributed by atoms with Gasteiger partial charge in [-0.1, -0.05) is 17.7 Å². The standard InChI is InChI=1S/C25H29N3O5/c1-5-33-23(31)16-6-8-17(9-7-16)26-22(30)19-12-20(15(4)29)28-25(19)18-11-13(2)10-14(3)21(18)27-24(25)32/h6-11,15,19-20,28-29H,5,12H2,1-4H3,(H,26,30)(H,27,32)/t15-,19-,20+,25+/m0/s1. The number of benzene rings is 2. The SMILES string of the molecule is CCOC(=O)c1ccc(NC(=O)[C@@H]2C[C@H]([C@H](C)O)N[C@@]23C(=O)Nc2c(C)cc(C)cc23)cc1. The molecule has 4 N–H and O–H groups in total. The Morgan fingerprint density at radius 2 is 1.94 bits per heavy atom. The van der Waals surface area contributed by atoms with Crippen molar-refractivity contribution in [1.82, 2.24) is 5.32 Å². The van der Waals surface area contributed by atoms with Crippen molar-refractivity contribution < 1.29 is 24.2 Å². The highest BCUT2D eigenvalue weighted by Gasteiger charge is 2.61. The van der Waals surface area contributed by atoms with Crippen molar-refractivity contribution in [2.75, 3.05) is 17.2 Å². The van der Waals surface area contributed by atoms with Gasteiger partial charge in [0.05, 0.1) is 24.2 Å². The molecule has 2 aromatic rings. The summed E-state index contributed by atoms with van der Waals surface area (Å²) in [5.74, 6) is -1.81. The Balaban J connectivity index is 1.67. The predicted octanol–water partition coefficient (Wildman–Crippen LogP) is 2.63. The zero-order valence-electron chi connectivity index (χ0n) is 19.2. The first-order chi connectivity index (χ1) is 15.7. The smallest absolute Gasteiger partial charge is 0.338 e. The molecule has 4 atom stereocenters. The van der Waals surface area contributed by atoms with E-state index in [-0.39, 0.29) is 18.4 Å². The Morgan fingerprint density at radius 1 is 1.24 bits per heavy atom. The summed E-state index contributed by atoms with van der Waals surface area (Å²) in [4.78, 5) is 38.7. The number of fused-ring (bicyclic) bond motifs is 2. The number of rotatable bonds is 5. The molecule has 2 heterocycles. The van der Waals surface area contributed by atoms with Crippen molar-refractivity contribution in [1.29, 1.82) is 0 Å². The van der Waals surface area contributed by atoms with Crippen molar-refractivity contribution in [3.05, 3.63) is 58.7 Å². The van der Waals surface area contributed by atoms with E-state index < -0.39 is 29.6 Å². The van der Waals surface area contributed by atoms with Gasteiger partial charge >= 0.3 is 5.97 Å². The molecular weight excluding hydrogens is 422 g/mol. The summed E-state index contributed by atoms with van der Waals surface area (Å²) in [6.45, 7) is 7.53. The summed E-state index contributed by atoms with van der Waals surface area (Å²) >= 11 is 0. The molecule has 174 valence electrons. The van der Waals surface area contributed by atoms with Crippen LogP contribution in [0.25, 0.3) is 0 Å². The number of amides is 2. The zero-order valence-corrected chi connectivity index (χ0v) is 19.2. The number of anilines is 2. The summed E-state index contributed by atoms with van der Waals surface area (Å²) < 4.78 is 4.99. The fraction of sp³-hybridized carbons (Fsp3) is 0.400. The van der Waals surface area contributed by atoms with E-state index in [1.165, 1.54) is 0 Å². The van der Waals surface area contributed by atoms with Crippen molar-refractivity contribution in [3.63, 3.8) is 0 Å². The maximum atomic E-state index is 13.5. The minimum atomic E-state index is -1.28. The largest absolute Gasteiger partial charge is 0.462 e. The number of nitrogens with one attached hydrogen (secondary N) is 3. The predicted molar refractivity (Wildman–Crippen MR) is 124 cm³/mol. The number of esters is 1. The molecule has 0 aromatic heterocycles. The highest BCUT2D eigenvalue weighted by Crippen LogP contribution is 2.49. The molecule has 1 saturated heterocycles. The fourth-order valence-electron chi connectivity index (χ4n) is 4.91. The quantitative estimate of drug-likeness (QED) is 0.520. The molecule has 2 aliphatic rings. The Bertz CT molecular complexity index is 1110. The van der Waals surface area contributed by atoms with Gasteiger partial charge in [-0.3, -0.25) is 14.9 Å². The molecule has 8 nitrogen and oxygen atoms in total. The van der Waals surface area contributed by atoms with Gasteiger partial charge in [0.2, 0.25) is 11.8 Å². The molecule has 0 bridgehead atoms. The second-order valence-corrected chi connectivity index (χ2v) is 8.83. The first kappa shape index (κ1) is 22.9. The van der Waals surface area contributed by atoms with Crippen LogP contribution in [-0.2, 0) is 19.9 Å². The van der Waals surface area contributed by atoms with Crippen LogP contribution in [0.3, 0.4) is 0 Å². The number of hydrogen-bond donors (Lipinski definition) is 4. The molecule has 2 aliphatic heterocycles. The van der Waals surface area contributed by atoms with E-state index in [0.717, 1.165) is 16.7 Å². The van der Waals surface area contributed by atoms with E-state index in [0.29, 0.717) is 23.4 Å². The van der Waals surface area contributed by atoms with Crippen LogP contribution < -0.4 is 16.0 Å². The highest BCUT2D eigenvalue weighted by atomic mass is 16.5. The first-order valence-electron chi connectivity index (χ1n) is 11.1. The molecule has 0 unspecified atom stereocenters. The van der Waals surface area contributed by atoms with E-state index >= 15 is 0 Å². The monoisotopic (exact) mass is 451 g/mol. The van der Waals surface area contributed by atoms with Crippen molar-refractivity contribution in [3.8, 4) is 0 Å². The van der Waals surface area contributed by atoms with E-state index in [1.807, 2.05) is 26.0 Å². The molecular formula is C25H29N3O5. The van der Waals surface area contributed by atoms with E-state index in [9.17, 15) is 19.5 Å². The van der Waals surface area contributed by atoms with Crippen LogP contribution in [0.1, 0.15) is 47.3 Å². The summed E-state index contributed by atoms with van der Waals surface area (Å²) in [7, 11) is 0. The Hall–Kier alpha value is -3.23. The number of carbonyl (C=O) groups excluding carboxylic acids is 3. The Kier molecular flexibility index (Phi) is 5.99. The van der Waals surface area contributed by atoms with E-state index in [2.05, 4.69) is 16.0 Å². The molecule has 1 spiro atoms. The van der Waals surface area contributed by atoms with Crippen LogP contribution in [0.5, 0.6) is 0 Å². The molecule has 2 amide bonds.